The summed E-state index contributed by atoms with van der Waals surface area (Å²) in [5.41, 5.74) is 2.00. The van der Waals surface area contributed by atoms with E-state index in [-0.39, 0.29) is 5.35 Å². The molecule has 2 aromatic rings. The highest BCUT2D eigenvalue weighted by atomic mass is 35.5. The Bertz CT molecular complexity index is 450. The van der Waals surface area contributed by atoms with E-state index in [9.17, 15) is 0 Å². The van der Waals surface area contributed by atoms with Gasteiger partial charge in [-0.05, 0) is 35.9 Å². The zero-order valence-corrected chi connectivity index (χ0v) is 9.19. The van der Waals surface area contributed by atoms with Gasteiger partial charge in [0.2, 0.25) is 5.82 Å². The molecule has 15 heavy (non-hydrogen) atoms. The first kappa shape index (κ1) is 9.98. The molecule has 0 aliphatic rings. The Morgan fingerprint density at radius 1 is 1.20 bits per heavy atom. The van der Waals surface area contributed by atoms with Crippen LogP contribution < -0.4 is 4.90 Å². The van der Waals surface area contributed by atoms with Gasteiger partial charge in [0.25, 0.3) is 0 Å². The Labute approximate surface area is 92.5 Å². The normalized spacial score (nSPS) is 10.3. The first-order chi connectivity index (χ1) is 7.16. The summed E-state index contributed by atoms with van der Waals surface area (Å²) >= 11 is 5.54. The van der Waals surface area contributed by atoms with Crippen LogP contribution in [0.2, 0.25) is 5.35 Å². The van der Waals surface area contributed by atoms with Crippen LogP contribution in [0.5, 0.6) is 0 Å². The molecule has 2 rings (SSSR count). The van der Waals surface area contributed by atoms with Crippen LogP contribution in [0, 0.1) is 0 Å². The van der Waals surface area contributed by atoms with Crippen LogP contribution in [0.1, 0.15) is 0 Å². The molecule has 5 heteroatoms. The molecule has 78 valence electrons. The molecule has 0 aliphatic heterocycles. The fourth-order valence-corrected chi connectivity index (χ4v) is 1.35. The Morgan fingerprint density at radius 3 is 2.33 bits per heavy atom. The van der Waals surface area contributed by atoms with Crippen molar-refractivity contribution in [3.05, 3.63) is 29.6 Å². The minimum absolute atomic E-state index is 0.0571. The van der Waals surface area contributed by atoms with Gasteiger partial charge in [0.1, 0.15) is 0 Å². The number of anilines is 1. The lowest BCUT2D eigenvalue weighted by atomic mass is 10.2. The Balaban J connectivity index is 2.31. The van der Waals surface area contributed by atoms with Crippen molar-refractivity contribution in [3.8, 4) is 11.4 Å². The summed E-state index contributed by atoms with van der Waals surface area (Å²) in [6.45, 7) is 0. The summed E-state index contributed by atoms with van der Waals surface area (Å²) in [5.74, 6) is 0.505. The van der Waals surface area contributed by atoms with Gasteiger partial charge in [-0.25, -0.2) is 0 Å². The molecule has 0 saturated carbocycles. The molecular formula is C10H10ClN3O. The standard InChI is InChI=1S/C10H10ClN3O/c1-14(2)8-5-3-7(4-6-8)9-12-10(11)15-13-9/h3-6H,1-2H3. The molecule has 0 unspecified atom stereocenters. The topological polar surface area (TPSA) is 42.2 Å². The van der Waals surface area contributed by atoms with E-state index < -0.39 is 0 Å². The van der Waals surface area contributed by atoms with Crippen molar-refractivity contribution < 1.29 is 4.52 Å². The van der Waals surface area contributed by atoms with Crippen molar-refractivity contribution in [2.45, 2.75) is 0 Å². The van der Waals surface area contributed by atoms with Crippen LogP contribution in [-0.2, 0) is 0 Å². The van der Waals surface area contributed by atoms with Gasteiger partial charge in [0.15, 0.2) is 0 Å². The average molecular weight is 224 g/mol. The molecular weight excluding hydrogens is 214 g/mol. The third kappa shape index (κ3) is 2.10. The predicted octanol–water partition coefficient (Wildman–Crippen LogP) is 2.46. The third-order valence-corrected chi connectivity index (χ3v) is 2.20. The van der Waals surface area contributed by atoms with Crippen LogP contribution in [0.3, 0.4) is 0 Å². The lowest BCUT2D eigenvalue weighted by Gasteiger charge is -2.11. The maximum Gasteiger partial charge on any atom is 0.320 e. The van der Waals surface area contributed by atoms with Gasteiger partial charge in [-0.1, -0.05) is 5.16 Å². The minimum Gasteiger partial charge on any atom is -0.378 e. The Kier molecular flexibility index (Phi) is 2.60. The van der Waals surface area contributed by atoms with E-state index in [0.29, 0.717) is 5.82 Å². The van der Waals surface area contributed by atoms with Crippen LogP contribution in [0.4, 0.5) is 5.69 Å². The first-order valence-electron chi connectivity index (χ1n) is 4.44. The summed E-state index contributed by atoms with van der Waals surface area (Å²) in [4.78, 5) is 5.95. The SMILES string of the molecule is CN(C)c1ccc(-c2noc(Cl)n2)cc1. The second-order valence-corrected chi connectivity index (χ2v) is 3.64. The monoisotopic (exact) mass is 223 g/mol. The van der Waals surface area contributed by atoms with Gasteiger partial charge in [0, 0.05) is 25.3 Å². The fourth-order valence-electron chi connectivity index (χ4n) is 1.23. The molecule has 0 fully saturated rings. The lowest BCUT2D eigenvalue weighted by Crippen LogP contribution is -2.07. The Morgan fingerprint density at radius 2 is 1.87 bits per heavy atom. The number of aromatic nitrogens is 2. The summed E-state index contributed by atoms with van der Waals surface area (Å²) in [7, 11) is 3.97. The molecule has 1 aromatic heterocycles. The van der Waals surface area contributed by atoms with Crippen molar-refractivity contribution in [2.24, 2.45) is 0 Å². The molecule has 0 atom stereocenters. The first-order valence-corrected chi connectivity index (χ1v) is 4.81. The molecule has 0 bridgehead atoms. The summed E-state index contributed by atoms with van der Waals surface area (Å²) in [6.07, 6.45) is 0. The second-order valence-electron chi connectivity index (χ2n) is 3.31. The van der Waals surface area contributed by atoms with Gasteiger partial charge in [-0.15, -0.1) is 0 Å². The lowest BCUT2D eigenvalue weighted by molar-refractivity contribution is 0.421. The van der Waals surface area contributed by atoms with E-state index >= 15 is 0 Å². The number of halogens is 1. The van der Waals surface area contributed by atoms with E-state index in [2.05, 4.69) is 10.1 Å². The molecule has 0 spiro atoms. The molecule has 0 radical (unpaired) electrons. The average Bonchev–Trinajstić information content (AvgIpc) is 2.65. The molecule has 1 aromatic carbocycles. The fraction of sp³-hybridized carbons (Fsp3) is 0.200. The van der Waals surface area contributed by atoms with Gasteiger partial charge < -0.3 is 9.42 Å². The van der Waals surface area contributed by atoms with E-state index in [4.69, 9.17) is 16.1 Å². The smallest absolute Gasteiger partial charge is 0.320 e. The quantitative estimate of drug-likeness (QED) is 0.784. The van der Waals surface area contributed by atoms with Crippen molar-refractivity contribution in [3.63, 3.8) is 0 Å². The van der Waals surface area contributed by atoms with Crippen LogP contribution >= 0.6 is 11.6 Å². The van der Waals surface area contributed by atoms with Gasteiger partial charge in [-0.2, -0.15) is 4.98 Å². The summed E-state index contributed by atoms with van der Waals surface area (Å²) < 4.78 is 4.69. The largest absolute Gasteiger partial charge is 0.378 e. The van der Waals surface area contributed by atoms with Crippen molar-refractivity contribution in [1.29, 1.82) is 0 Å². The number of nitrogens with zero attached hydrogens (tertiary/aromatic N) is 3. The number of hydrogen-bond acceptors (Lipinski definition) is 4. The van der Waals surface area contributed by atoms with Gasteiger partial charge >= 0.3 is 5.35 Å². The van der Waals surface area contributed by atoms with E-state index in [0.717, 1.165) is 11.3 Å². The molecule has 0 N–H and O–H groups in total. The number of benzene rings is 1. The zero-order valence-electron chi connectivity index (χ0n) is 8.44. The summed E-state index contributed by atoms with van der Waals surface area (Å²) in [5, 5.41) is 3.79. The Hall–Kier alpha value is -1.55. The highest BCUT2D eigenvalue weighted by molar-refractivity contribution is 6.27. The second kappa shape index (κ2) is 3.90. The maximum absolute atomic E-state index is 5.54. The zero-order chi connectivity index (χ0) is 10.8. The highest BCUT2D eigenvalue weighted by Gasteiger charge is 2.06. The van der Waals surface area contributed by atoms with Crippen molar-refractivity contribution in [1.82, 2.24) is 10.1 Å². The van der Waals surface area contributed by atoms with Gasteiger partial charge in [-0.3, -0.25) is 0 Å². The molecule has 0 amide bonds. The van der Waals surface area contributed by atoms with Crippen LogP contribution in [-0.4, -0.2) is 24.2 Å². The third-order valence-electron chi connectivity index (χ3n) is 2.04. The van der Waals surface area contributed by atoms with Crippen LogP contribution in [0.15, 0.2) is 28.8 Å². The summed E-state index contributed by atoms with van der Waals surface area (Å²) in [6, 6.07) is 7.83. The van der Waals surface area contributed by atoms with Crippen LogP contribution in [0.25, 0.3) is 11.4 Å². The molecule has 1 heterocycles. The molecule has 0 saturated heterocycles. The van der Waals surface area contributed by atoms with E-state index in [1.165, 1.54) is 0 Å². The van der Waals surface area contributed by atoms with Crippen molar-refractivity contribution >= 4 is 17.3 Å². The van der Waals surface area contributed by atoms with E-state index in [1.54, 1.807) is 0 Å². The highest BCUT2D eigenvalue weighted by Crippen LogP contribution is 2.20. The molecule has 4 nitrogen and oxygen atoms in total. The molecule has 0 aliphatic carbocycles. The number of rotatable bonds is 2. The number of hydrogen-bond donors (Lipinski definition) is 0. The predicted molar refractivity (Wildman–Crippen MR) is 59.1 cm³/mol. The van der Waals surface area contributed by atoms with E-state index in [1.807, 2.05) is 43.3 Å². The minimum atomic E-state index is 0.0571. The van der Waals surface area contributed by atoms with Crippen molar-refractivity contribution in [2.75, 3.05) is 19.0 Å². The van der Waals surface area contributed by atoms with Gasteiger partial charge in [0.05, 0.1) is 0 Å². The maximum atomic E-state index is 5.54.